The Bertz CT molecular complexity index is 1110. The largest absolute Gasteiger partial charge is 0.490 e. The van der Waals surface area contributed by atoms with Crippen LogP contribution >= 0.6 is 11.8 Å². The highest BCUT2D eigenvalue weighted by Gasteiger charge is 2.30. The summed E-state index contributed by atoms with van der Waals surface area (Å²) in [6.07, 6.45) is 3.07. The summed E-state index contributed by atoms with van der Waals surface area (Å²) < 4.78 is 13.7. The zero-order valence-electron chi connectivity index (χ0n) is 18.0. The highest BCUT2D eigenvalue weighted by Crippen LogP contribution is 2.42. The summed E-state index contributed by atoms with van der Waals surface area (Å²) in [4.78, 5) is 12.4. The molecule has 2 aliphatic rings. The SMILES string of the molecule is Cc1ccc(CNC(=O)CSc2nnc(-c3ccc4c(c3)OCCCO4)n2C2CC2)cc1. The molecule has 1 saturated carbocycles. The molecule has 8 heteroatoms. The van der Waals surface area contributed by atoms with E-state index in [9.17, 15) is 4.79 Å². The molecule has 3 aromatic rings. The van der Waals surface area contributed by atoms with Crippen LogP contribution in [-0.4, -0.2) is 39.6 Å². The Morgan fingerprint density at radius 1 is 1.09 bits per heavy atom. The highest BCUT2D eigenvalue weighted by atomic mass is 32.2. The van der Waals surface area contributed by atoms with Crippen LogP contribution in [0.5, 0.6) is 11.5 Å². The standard InChI is InChI=1S/C24H26N4O3S/c1-16-3-5-17(6-4-16)14-25-22(29)15-32-24-27-26-23(28(24)19-8-9-19)18-7-10-20-21(13-18)31-12-2-11-30-20/h3-7,10,13,19H,2,8-9,11-12,14-15H2,1H3,(H,25,29). The molecule has 0 saturated heterocycles. The predicted octanol–water partition coefficient (Wildman–Crippen LogP) is 4.16. The van der Waals surface area contributed by atoms with Gasteiger partial charge in [0.25, 0.3) is 0 Å². The van der Waals surface area contributed by atoms with Gasteiger partial charge in [-0.05, 0) is 43.5 Å². The van der Waals surface area contributed by atoms with E-state index in [1.165, 1.54) is 17.3 Å². The molecule has 2 heterocycles. The Morgan fingerprint density at radius 3 is 2.66 bits per heavy atom. The van der Waals surface area contributed by atoms with Crippen molar-refractivity contribution in [3.8, 4) is 22.9 Å². The molecule has 1 fully saturated rings. The van der Waals surface area contributed by atoms with E-state index < -0.39 is 0 Å². The molecule has 166 valence electrons. The van der Waals surface area contributed by atoms with Crippen molar-refractivity contribution in [1.29, 1.82) is 0 Å². The number of carbonyl (C=O) groups is 1. The molecule has 1 aromatic heterocycles. The second-order valence-corrected chi connectivity index (χ2v) is 9.11. The van der Waals surface area contributed by atoms with Crippen LogP contribution in [0.4, 0.5) is 0 Å². The predicted molar refractivity (Wildman–Crippen MR) is 123 cm³/mol. The van der Waals surface area contributed by atoms with Crippen LogP contribution < -0.4 is 14.8 Å². The van der Waals surface area contributed by atoms with Gasteiger partial charge in [0.05, 0.1) is 19.0 Å². The Labute approximate surface area is 191 Å². The van der Waals surface area contributed by atoms with E-state index in [4.69, 9.17) is 9.47 Å². The molecular weight excluding hydrogens is 424 g/mol. The number of thioether (sulfide) groups is 1. The molecular formula is C24H26N4O3S. The van der Waals surface area contributed by atoms with Crippen molar-refractivity contribution >= 4 is 17.7 Å². The second-order valence-electron chi connectivity index (χ2n) is 8.17. The van der Waals surface area contributed by atoms with Crippen molar-refractivity contribution in [2.24, 2.45) is 0 Å². The number of fused-ring (bicyclic) bond motifs is 1. The van der Waals surface area contributed by atoms with Crippen molar-refractivity contribution in [1.82, 2.24) is 20.1 Å². The zero-order valence-corrected chi connectivity index (χ0v) is 18.9. The molecule has 1 aliphatic heterocycles. The number of aryl methyl sites for hydroxylation is 1. The van der Waals surface area contributed by atoms with E-state index in [1.807, 2.05) is 30.3 Å². The molecule has 0 bridgehead atoms. The first-order valence-electron chi connectivity index (χ1n) is 11.0. The van der Waals surface area contributed by atoms with Gasteiger partial charge in [-0.3, -0.25) is 9.36 Å². The van der Waals surface area contributed by atoms with Gasteiger partial charge in [0, 0.05) is 24.6 Å². The first kappa shape index (κ1) is 20.9. The molecule has 32 heavy (non-hydrogen) atoms. The summed E-state index contributed by atoms with van der Waals surface area (Å²) in [6.45, 7) is 3.88. The van der Waals surface area contributed by atoms with Gasteiger partial charge >= 0.3 is 0 Å². The van der Waals surface area contributed by atoms with Gasteiger partial charge in [0.2, 0.25) is 5.91 Å². The van der Waals surface area contributed by atoms with Crippen LogP contribution in [0.1, 0.15) is 36.4 Å². The zero-order chi connectivity index (χ0) is 21.9. The third-order valence-corrected chi connectivity index (χ3v) is 6.47. The van der Waals surface area contributed by atoms with Crippen molar-refractivity contribution in [3.63, 3.8) is 0 Å². The molecule has 1 N–H and O–H groups in total. The van der Waals surface area contributed by atoms with E-state index in [2.05, 4.69) is 39.1 Å². The number of carbonyl (C=O) groups excluding carboxylic acids is 1. The maximum absolute atomic E-state index is 12.4. The maximum atomic E-state index is 12.4. The number of amides is 1. The first-order valence-corrected chi connectivity index (χ1v) is 12.0. The second kappa shape index (κ2) is 9.24. The van der Waals surface area contributed by atoms with Gasteiger partial charge in [-0.25, -0.2) is 0 Å². The monoisotopic (exact) mass is 450 g/mol. The number of aromatic nitrogens is 3. The normalized spacial score (nSPS) is 15.3. The minimum atomic E-state index is -0.0157. The van der Waals surface area contributed by atoms with Gasteiger partial charge in [-0.2, -0.15) is 0 Å². The lowest BCUT2D eigenvalue weighted by Crippen LogP contribution is -2.24. The molecule has 1 aliphatic carbocycles. The summed E-state index contributed by atoms with van der Waals surface area (Å²) in [7, 11) is 0. The van der Waals surface area contributed by atoms with E-state index in [0.717, 1.165) is 52.9 Å². The average Bonchev–Trinajstić information content (AvgIpc) is 3.60. The van der Waals surface area contributed by atoms with Gasteiger partial charge in [-0.15, -0.1) is 10.2 Å². The smallest absolute Gasteiger partial charge is 0.230 e. The molecule has 0 unspecified atom stereocenters. The lowest BCUT2D eigenvalue weighted by molar-refractivity contribution is -0.118. The van der Waals surface area contributed by atoms with Crippen molar-refractivity contribution in [2.75, 3.05) is 19.0 Å². The molecule has 0 spiro atoms. The van der Waals surface area contributed by atoms with Crippen molar-refractivity contribution in [2.45, 2.75) is 43.9 Å². The maximum Gasteiger partial charge on any atom is 0.230 e. The number of ether oxygens (including phenoxy) is 2. The molecule has 7 nitrogen and oxygen atoms in total. The Kier molecular flexibility index (Phi) is 6.03. The minimum absolute atomic E-state index is 0.0157. The van der Waals surface area contributed by atoms with Crippen LogP contribution in [0, 0.1) is 6.92 Å². The summed E-state index contributed by atoms with van der Waals surface area (Å²) >= 11 is 1.43. The molecule has 5 rings (SSSR count). The number of nitrogens with zero attached hydrogens (tertiary/aromatic N) is 3. The Morgan fingerprint density at radius 2 is 1.88 bits per heavy atom. The van der Waals surface area contributed by atoms with E-state index >= 15 is 0 Å². The van der Waals surface area contributed by atoms with Crippen LogP contribution in [0.15, 0.2) is 47.6 Å². The summed E-state index contributed by atoms with van der Waals surface area (Å²) in [5, 5.41) is 12.6. The van der Waals surface area contributed by atoms with Gasteiger partial charge < -0.3 is 14.8 Å². The van der Waals surface area contributed by atoms with E-state index in [-0.39, 0.29) is 5.91 Å². The number of hydrogen-bond acceptors (Lipinski definition) is 6. The molecule has 2 aromatic carbocycles. The lowest BCUT2D eigenvalue weighted by Gasteiger charge is -2.11. The number of hydrogen-bond donors (Lipinski definition) is 1. The number of benzene rings is 2. The van der Waals surface area contributed by atoms with Crippen molar-refractivity contribution < 1.29 is 14.3 Å². The van der Waals surface area contributed by atoms with Gasteiger partial charge in [-0.1, -0.05) is 41.6 Å². The Hall–Kier alpha value is -3.00. The number of nitrogens with one attached hydrogen (secondary N) is 1. The average molecular weight is 451 g/mol. The molecule has 0 atom stereocenters. The highest BCUT2D eigenvalue weighted by molar-refractivity contribution is 7.99. The van der Waals surface area contributed by atoms with Crippen molar-refractivity contribution in [3.05, 3.63) is 53.6 Å². The minimum Gasteiger partial charge on any atom is -0.490 e. The van der Waals surface area contributed by atoms with Crippen LogP contribution in [0.3, 0.4) is 0 Å². The topological polar surface area (TPSA) is 78.3 Å². The summed E-state index contributed by atoms with van der Waals surface area (Å²) in [5.41, 5.74) is 3.25. The first-order chi connectivity index (χ1) is 15.7. The fraction of sp³-hybridized carbons (Fsp3) is 0.375. The number of rotatable bonds is 7. The van der Waals surface area contributed by atoms with Gasteiger partial charge in [0.15, 0.2) is 22.5 Å². The fourth-order valence-corrected chi connectivity index (χ4v) is 4.46. The van der Waals surface area contributed by atoms with Crippen LogP contribution in [0.25, 0.3) is 11.4 Å². The lowest BCUT2D eigenvalue weighted by atomic mass is 10.1. The van der Waals surface area contributed by atoms with E-state index in [0.29, 0.717) is 31.6 Å². The van der Waals surface area contributed by atoms with Crippen LogP contribution in [0.2, 0.25) is 0 Å². The quantitative estimate of drug-likeness (QED) is 0.545. The summed E-state index contributed by atoms with van der Waals surface area (Å²) in [6, 6.07) is 14.5. The van der Waals surface area contributed by atoms with Gasteiger partial charge in [0.1, 0.15) is 0 Å². The summed E-state index contributed by atoms with van der Waals surface area (Å²) in [5.74, 6) is 2.61. The Balaban J connectivity index is 1.27. The fourth-order valence-electron chi connectivity index (χ4n) is 3.62. The van der Waals surface area contributed by atoms with E-state index in [1.54, 1.807) is 0 Å². The molecule has 0 radical (unpaired) electrons. The third-order valence-electron chi connectivity index (χ3n) is 5.52. The van der Waals surface area contributed by atoms with Crippen LogP contribution in [-0.2, 0) is 11.3 Å². The molecule has 1 amide bonds. The third kappa shape index (κ3) is 4.75.